The van der Waals surface area contributed by atoms with E-state index in [9.17, 15) is 22.8 Å². The summed E-state index contributed by atoms with van der Waals surface area (Å²) in [6, 6.07) is 18.2. The standard InChI is InChI=1S/C48H60N8O7S.ClH/c1-28-29(2)44(30(3)35-21-22-48(4,5)63-43(28)35)64(60,61)55-47(51)53-24-12-15-39(46(59)62-7)54-41(57)16-9-8-10-23-52-45(58)32-14-11-13-31(25-32)42-38-26-33(49)17-19-36(38)37-20-18-34(50)27-40(37)56(42)6;/h11,13-14,17-20,25-27,39,50H,8-10,12,15-16,21-24,49H2,1-7H3,(H5,51,52,53,54,55,57,58);1H. The largest absolute Gasteiger partial charge is 1.00 e. The van der Waals surface area contributed by atoms with Gasteiger partial charge in [0, 0.05) is 53.5 Å². The Morgan fingerprint density at radius 2 is 1.62 bits per heavy atom. The maximum absolute atomic E-state index is 13.6. The highest BCUT2D eigenvalue weighted by Gasteiger charge is 2.34. The van der Waals surface area contributed by atoms with Crippen LogP contribution in [0.3, 0.4) is 0 Å². The van der Waals surface area contributed by atoms with Crippen molar-refractivity contribution in [1.82, 2.24) is 15.4 Å². The SMILES string of the molecule is COC(=O)C(CCCN=C(N)NS(=O)(=O)c1c(C)c(C)c2c(c1C)CCC(C)(C)O2)NC(=O)CCCCCNC(=O)c1cccc(-c2c3cc(N)ccc3c3ccc(N)cc3[n+]2C)c1.[Cl-]. The van der Waals surface area contributed by atoms with Gasteiger partial charge in [-0.15, -0.1) is 0 Å². The number of aromatic nitrogens is 1. The highest BCUT2D eigenvalue weighted by molar-refractivity contribution is 7.90. The van der Waals surface area contributed by atoms with Crippen LogP contribution in [-0.4, -0.2) is 64.0 Å². The van der Waals surface area contributed by atoms with E-state index in [2.05, 4.69) is 24.9 Å². The molecule has 0 saturated heterocycles. The van der Waals surface area contributed by atoms with Gasteiger partial charge in [-0.05, 0) is 138 Å². The molecule has 0 spiro atoms. The number of nitrogen functional groups attached to an aromatic ring is 2. The second kappa shape index (κ2) is 20.8. The molecule has 1 atom stereocenters. The number of hydrogen-bond donors (Lipinski definition) is 6. The number of fused-ring (bicyclic) bond motifs is 4. The minimum Gasteiger partial charge on any atom is -1.00 e. The Balaban J connectivity index is 0.00000793. The molecule has 2 amide bonds. The van der Waals surface area contributed by atoms with E-state index in [0.717, 1.165) is 56.2 Å². The Morgan fingerprint density at radius 3 is 2.34 bits per heavy atom. The molecule has 1 aliphatic heterocycles. The molecule has 1 aliphatic rings. The Hall–Kier alpha value is -6.13. The van der Waals surface area contributed by atoms with Gasteiger partial charge in [-0.3, -0.25) is 14.6 Å². The van der Waals surface area contributed by atoms with Crippen molar-refractivity contribution in [2.45, 2.75) is 103 Å². The fourth-order valence-electron chi connectivity index (χ4n) is 8.52. The number of guanidine groups is 1. The van der Waals surface area contributed by atoms with Crippen molar-refractivity contribution in [3.8, 4) is 17.0 Å². The van der Waals surface area contributed by atoms with E-state index < -0.39 is 22.0 Å². The number of methoxy groups -OCH3 is 1. The first-order chi connectivity index (χ1) is 30.3. The molecule has 17 heteroatoms. The number of hydrogen-bond acceptors (Lipinski definition) is 10. The van der Waals surface area contributed by atoms with Gasteiger partial charge in [0.2, 0.25) is 23.1 Å². The second-order valence-electron chi connectivity index (χ2n) is 17.2. The third-order valence-corrected chi connectivity index (χ3v) is 13.6. The summed E-state index contributed by atoms with van der Waals surface area (Å²) < 4.78 is 42.8. The molecule has 0 fully saturated rings. The average molecular weight is 930 g/mol. The number of nitrogens with one attached hydrogen (secondary N) is 3. The minimum atomic E-state index is -4.07. The van der Waals surface area contributed by atoms with Crippen molar-refractivity contribution in [2.24, 2.45) is 17.8 Å². The summed E-state index contributed by atoms with van der Waals surface area (Å²) in [6.07, 6.45) is 3.99. The zero-order chi connectivity index (χ0) is 46.5. The first-order valence-corrected chi connectivity index (χ1v) is 23.1. The predicted molar refractivity (Wildman–Crippen MR) is 251 cm³/mol. The number of ether oxygens (including phenoxy) is 2. The molecular formula is C48H61ClN8O7S. The van der Waals surface area contributed by atoms with E-state index in [4.69, 9.17) is 26.7 Å². The summed E-state index contributed by atoms with van der Waals surface area (Å²) in [5.41, 5.74) is 25.5. The van der Waals surface area contributed by atoms with Gasteiger partial charge in [0.25, 0.3) is 15.9 Å². The van der Waals surface area contributed by atoms with Gasteiger partial charge < -0.3 is 49.7 Å². The molecule has 4 aromatic carbocycles. The Labute approximate surface area is 387 Å². The molecule has 1 unspecified atom stereocenters. The van der Waals surface area contributed by atoms with E-state index in [0.29, 0.717) is 66.7 Å². The number of anilines is 2. The van der Waals surface area contributed by atoms with Crippen LogP contribution in [0.2, 0.25) is 0 Å². The van der Waals surface area contributed by atoms with E-state index in [1.165, 1.54) is 7.11 Å². The number of nitrogens with two attached hydrogens (primary N) is 3. The van der Waals surface area contributed by atoms with Gasteiger partial charge in [-0.1, -0.05) is 18.6 Å². The number of esters is 1. The summed E-state index contributed by atoms with van der Waals surface area (Å²) >= 11 is 0. The maximum Gasteiger partial charge on any atom is 0.328 e. The van der Waals surface area contributed by atoms with E-state index in [-0.39, 0.29) is 60.1 Å². The molecule has 0 saturated carbocycles. The lowest BCUT2D eigenvalue weighted by Gasteiger charge is -2.35. The topological polar surface area (TPSA) is 234 Å². The van der Waals surface area contributed by atoms with Crippen LogP contribution in [-0.2, 0) is 37.8 Å². The smallest absolute Gasteiger partial charge is 0.328 e. The molecule has 0 radical (unpaired) electrons. The Kier molecular flexibility index (Phi) is 16.0. The Morgan fingerprint density at radius 1 is 0.908 bits per heavy atom. The fourth-order valence-corrected chi connectivity index (χ4v) is 10.0. The number of aryl methyl sites for hydroxylation is 1. The zero-order valence-corrected chi connectivity index (χ0v) is 39.8. The summed E-state index contributed by atoms with van der Waals surface area (Å²) in [5.74, 6) is -0.674. The van der Waals surface area contributed by atoms with E-state index >= 15 is 0 Å². The number of benzene rings is 4. The maximum atomic E-state index is 13.6. The van der Waals surface area contributed by atoms with Crippen molar-refractivity contribution in [1.29, 1.82) is 0 Å². The van der Waals surface area contributed by atoms with Crippen molar-refractivity contribution in [2.75, 3.05) is 31.7 Å². The van der Waals surface area contributed by atoms with Gasteiger partial charge in [0.15, 0.2) is 0 Å². The predicted octanol–water partition coefficient (Wildman–Crippen LogP) is 2.70. The van der Waals surface area contributed by atoms with Crippen molar-refractivity contribution in [3.05, 3.63) is 88.5 Å². The number of pyridine rings is 1. The number of sulfonamides is 1. The van der Waals surface area contributed by atoms with Gasteiger partial charge >= 0.3 is 5.97 Å². The quantitative estimate of drug-likeness (QED) is 0.0161. The monoisotopic (exact) mass is 928 g/mol. The van der Waals surface area contributed by atoms with Crippen LogP contribution in [0.1, 0.15) is 91.4 Å². The summed E-state index contributed by atoms with van der Waals surface area (Å²) in [7, 11) is -0.852. The average Bonchev–Trinajstić information content (AvgIpc) is 3.24. The molecule has 348 valence electrons. The number of aliphatic imine (C=N–C) groups is 1. The van der Waals surface area contributed by atoms with Crippen LogP contribution in [0.25, 0.3) is 32.9 Å². The number of carbonyl (C=O) groups excluding carboxylic acids is 3. The third-order valence-electron chi connectivity index (χ3n) is 12.0. The van der Waals surface area contributed by atoms with Crippen LogP contribution >= 0.6 is 0 Å². The van der Waals surface area contributed by atoms with Crippen LogP contribution in [0.4, 0.5) is 11.4 Å². The van der Waals surface area contributed by atoms with Crippen LogP contribution in [0.15, 0.2) is 70.6 Å². The van der Waals surface area contributed by atoms with E-state index in [1.807, 2.05) is 82.4 Å². The molecule has 1 aromatic heterocycles. The summed E-state index contributed by atoms with van der Waals surface area (Å²) in [6.45, 7) is 9.94. The molecule has 2 heterocycles. The number of nitrogens with zero attached hydrogens (tertiary/aromatic N) is 2. The number of unbranched alkanes of at least 4 members (excludes halogenated alkanes) is 2. The summed E-state index contributed by atoms with van der Waals surface area (Å²) in [5, 5.41) is 8.76. The second-order valence-corrected chi connectivity index (χ2v) is 18.8. The highest BCUT2D eigenvalue weighted by atomic mass is 35.5. The number of rotatable bonds is 16. The molecule has 15 nitrogen and oxygen atoms in total. The van der Waals surface area contributed by atoms with Crippen LogP contribution in [0.5, 0.6) is 5.75 Å². The van der Waals surface area contributed by atoms with Gasteiger partial charge in [0.1, 0.15) is 24.4 Å². The molecule has 0 bridgehead atoms. The lowest BCUT2D eigenvalue weighted by Crippen LogP contribution is -3.00. The lowest BCUT2D eigenvalue weighted by molar-refractivity contribution is -0.632. The van der Waals surface area contributed by atoms with Crippen molar-refractivity contribution >= 4 is 66.8 Å². The number of halogens is 1. The van der Waals surface area contributed by atoms with Crippen LogP contribution in [0, 0.1) is 20.8 Å². The normalized spacial score (nSPS) is 13.9. The number of carbonyl (C=O) groups is 3. The first-order valence-electron chi connectivity index (χ1n) is 21.6. The minimum absolute atomic E-state index is 0. The molecular weight excluding hydrogens is 868 g/mol. The third kappa shape index (κ3) is 11.4. The van der Waals surface area contributed by atoms with Crippen LogP contribution < -0.4 is 54.3 Å². The van der Waals surface area contributed by atoms with Gasteiger partial charge in [0.05, 0.1) is 22.8 Å². The lowest BCUT2D eigenvalue weighted by atomic mass is 9.88. The van der Waals surface area contributed by atoms with Gasteiger partial charge in [-0.25, -0.2) is 17.9 Å². The molecule has 65 heavy (non-hydrogen) atoms. The molecule has 5 aromatic rings. The van der Waals surface area contributed by atoms with Crippen molar-refractivity contribution < 1.29 is 49.2 Å². The number of amides is 2. The van der Waals surface area contributed by atoms with Crippen molar-refractivity contribution in [3.63, 3.8) is 0 Å². The first kappa shape index (κ1) is 49.9. The highest BCUT2D eigenvalue weighted by Crippen LogP contribution is 2.42. The van der Waals surface area contributed by atoms with E-state index in [1.54, 1.807) is 19.9 Å². The molecule has 0 aliphatic carbocycles. The molecule has 9 N–H and O–H groups in total. The zero-order valence-electron chi connectivity index (χ0n) is 38.2. The summed E-state index contributed by atoms with van der Waals surface area (Å²) in [4.78, 5) is 43.1. The van der Waals surface area contributed by atoms with Gasteiger partial charge in [-0.2, -0.15) is 4.57 Å². The Bertz CT molecular complexity index is 2780. The fraction of sp³-hybridized carbons (Fsp3) is 0.396. The molecule has 6 rings (SSSR count).